The Balaban J connectivity index is 0.000000202. The molecule has 2 fully saturated rings. The summed E-state index contributed by atoms with van der Waals surface area (Å²) in [4.78, 5) is 13.9. The van der Waals surface area contributed by atoms with Crippen LogP contribution in [0.5, 0.6) is 0 Å². The highest BCUT2D eigenvalue weighted by molar-refractivity contribution is 9.10. The average molecular weight is 792 g/mol. The molecule has 0 amide bonds. The molecule has 8 rings (SSSR count). The molecule has 2 heterocycles. The molecule has 2 atom stereocenters. The molecule has 0 saturated carbocycles. The van der Waals surface area contributed by atoms with Gasteiger partial charge in [-0.15, -0.1) is 0 Å². The molecule has 2 aliphatic heterocycles. The monoisotopic (exact) mass is 789 g/mol. The van der Waals surface area contributed by atoms with Crippen molar-refractivity contribution in [3.05, 3.63) is 139 Å². The van der Waals surface area contributed by atoms with Gasteiger partial charge in [-0.1, -0.05) is 133 Å². The van der Waals surface area contributed by atoms with E-state index in [2.05, 4.69) is 110 Å². The Morgan fingerprint density at radius 1 is 0.755 bits per heavy atom. The minimum atomic E-state index is -0.321. The third-order valence-corrected chi connectivity index (χ3v) is 10.6. The zero-order valence-corrected chi connectivity index (χ0v) is 31.0. The van der Waals surface area contributed by atoms with Gasteiger partial charge in [0, 0.05) is 27.0 Å². The Morgan fingerprint density at radius 2 is 1.33 bits per heavy atom. The van der Waals surface area contributed by atoms with E-state index in [-0.39, 0.29) is 39.4 Å². The van der Waals surface area contributed by atoms with Gasteiger partial charge >= 0.3 is 7.05 Å². The molecule has 4 aliphatic rings. The maximum atomic E-state index is 11.4. The van der Waals surface area contributed by atoms with Crippen LogP contribution < -0.4 is 0 Å². The van der Waals surface area contributed by atoms with Crippen molar-refractivity contribution < 1.29 is 14.6 Å². The Bertz CT molecular complexity index is 1580. The van der Waals surface area contributed by atoms with Gasteiger partial charge in [0.2, 0.25) is 0 Å². The van der Waals surface area contributed by atoms with Gasteiger partial charge in [-0.25, -0.2) is 0 Å². The largest absolute Gasteiger partial charge is 0.406 e. The normalized spacial score (nSPS) is 19.8. The summed E-state index contributed by atoms with van der Waals surface area (Å²) in [5, 5.41) is 9.66. The van der Waals surface area contributed by atoms with Crippen molar-refractivity contribution in [1.29, 1.82) is 0 Å². The second kappa shape index (κ2) is 19.2. The van der Waals surface area contributed by atoms with Crippen molar-refractivity contribution in [3.8, 4) is 0 Å². The minimum Gasteiger partial charge on any atom is -0.406 e. The number of aliphatic hydroxyl groups is 1. The number of carbonyl (C=O) groups excluding carboxylic acids is 1. The number of rotatable bonds is 2. The lowest BCUT2D eigenvalue weighted by Crippen LogP contribution is -2.41. The Labute approximate surface area is 313 Å². The lowest BCUT2D eigenvalue weighted by molar-refractivity contribution is 0.0972. The predicted molar refractivity (Wildman–Crippen MR) is 214 cm³/mol. The second-order valence-electron chi connectivity index (χ2n) is 12.4. The van der Waals surface area contributed by atoms with Gasteiger partial charge < -0.3 is 14.6 Å². The number of Topliss-reactive ketones (excluding diaryl/α,β-unsaturated/α-hetero) is 1. The topological polar surface area (TPSA) is 49.8 Å². The fourth-order valence-electron chi connectivity index (χ4n) is 7.48. The van der Waals surface area contributed by atoms with Crippen LogP contribution in [0.3, 0.4) is 0 Å². The van der Waals surface area contributed by atoms with E-state index in [0.29, 0.717) is 12.5 Å². The Morgan fingerprint density at radius 3 is 1.96 bits per heavy atom. The van der Waals surface area contributed by atoms with Gasteiger partial charge in [-0.2, -0.15) is 0 Å². The standard InChI is InChI=1S/C18H20BNO.C10H11BrO.C10H9BrO.C2H6.2CH4/c1-19-20-14-8-13-17(20)18(21-19,15-9-4-2-5-10-15)16-11-6-3-7-12-16;2*11-8-5-4-7-2-1-3-10(12)9(7)6-8;1-2;;/h2-7,9-12,17H,8,13-14H2,1H3;4-6,10,12H,1-3H2;4-6H,1-3H2;1-2H3;2*1H4/t17-;10-;;;;/m01..../s1. The summed E-state index contributed by atoms with van der Waals surface area (Å²) in [6, 6.07) is 34.0. The molecule has 4 nitrogen and oxygen atoms in total. The summed E-state index contributed by atoms with van der Waals surface area (Å²) >= 11 is 6.77. The van der Waals surface area contributed by atoms with Gasteiger partial charge in [-0.05, 0) is 110 Å². The third-order valence-electron chi connectivity index (χ3n) is 9.61. The van der Waals surface area contributed by atoms with Crippen molar-refractivity contribution in [2.75, 3.05) is 6.54 Å². The number of hydrogen-bond acceptors (Lipinski definition) is 4. The van der Waals surface area contributed by atoms with Crippen LogP contribution >= 0.6 is 31.9 Å². The Hall–Kier alpha value is -2.55. The maximum Gasteiger partial charge on any atom is 0.380 e. The number of ketones is 1. The summed E-state index contributed by atoms with van der Waals surface area (Å²) in [5.41, 5.74) is 6.76. The smallest absolute Gasteiger partial charge is 0.380 e. The lowest BCUT2D eigenvalue weighted by atomic mass is 9.79. The molecule has 0 spiro atoms. The number of carbonyl (C=O) groups is 1. The van der Waals surface area contributed by atoms with Crippen LogP contribution in [-0.2, 0) is 23.1 Å². The molecule has 0 bridgehead atoms. The molecule has 0 radical (unpaired) electrons. The minimum absolute atomic E-state index is 0. The van der Waals surface area contributed by atoms with E-state index in [1.54, 1.807) is 0 Å². The SMILES string of the molecule is C.C.CB1OC(c2ccccc2)(c2ccccc2)[C@@H]2CCCN12.CC.O=C1CCCc2ccc(Br)cc21.O[C@@H]1CCCc2ccc(Br)cc21. The Kier molecular flexibility index (Phi) is 16.0. The van der Waals surface area contributed by atoms with Gasteiger partial charge in [0.25, 0.3) is 0 Å². The molecule has 0 aromatic heterocycles. The van der Waals surface area contributed by atoms with Gasteiger partial charge in [0.1, 0.15) is 5.60 Å². The number of aryl methyl sites for hydroxylation is 2. The predicted octanol–water partition coefficient (Wildman–Crippen LogP) is 11.6. The first kappa shape index (κ1) is 40.9. The number of nitrogens with zero attached hydrogens (tertiary/aromatic N) is 1. The molecule has 4 aromatic rings. The molecule has 49 heavy (non-hydrogen) atoms. The van der Waals surface area contributed by atoms with Crippen molar-refractivity contribution >= 4 is 44.7 Å². The van der Waals surface area contributed by atoms with Crippen LogP contribution in [0.4, 0.5) is 0 Å². The molecular formula is C42H54BBr2NO3. The molecule has 1 N–H and O–H groups in total. The number of benzene rings is 4. The summed E-state index contributed by atoms with van der Waals surface area (Å²) in [6.07, 6.45) is 8.12. The third kappa shape index (κ3) is 9.23. The summed E-state index contributed by atoms with van der Waals surface area (Å²) in [7, 11) is 0.179. The van der Waals surface area contributed by atoms with Crippen LogP contribution in [0.25, 0.3) is 0 Å². The average Bonchev–Trinajstić information content (AvgIpc) is 3.71. The molecule has 4 aromatic carbocycles. The van der Waals surface area contributed by atoms with Crippen molar-refractivity contribution in [1.82, 2.24) is 4.81 Å². The molecule has 0 unspecified atom stereocenters. The zero-order valence-electron chi connectivity index (χ0n) is 27.8. The maximum absolute atomic E-state index is 11.4. The first-order valence-electron chi connectivity index (χ1n) is 17.2. The van der Waals surface area contributed by atoms with E-state index in [4.69, 9.17) is 4.65 Å². The highest BCUT2D eigenvalue weighted by Crippen LogP contribution is 2.48. The van der Waals surface area contributed by atoms with Crippen LogP contribution in [-0.4, -0.2) is 35.3 Å². The summed E-state index contributed by atoms with van der Waals surface area (Å²) in [6.45, 7) is 7.33. The zero-order chi connectivity index (χ0) is 33.4. The molecule has 262 valence electrons. The van der Waals surface area contributed by atoms with Crippen LogP contribution in [0, 0.1) is 0 Å². The second-order valence-corrected chi connectivity index (χ2v) is 14.2. The first-order chi connectivity index (χ1) is 22.9. The highest BCUT2D eigenvalue weighted by Gasteiger charge is 2.56. The number of hydrogen-bond donors (Lipinski definition) is 1. The van der Waals surface area contributed by atoms with Crippen LogP contribution in [0.15, 0.2) is 106 Å². The number of halogens is 2. The summed E-state index contributed by atoms with van der Waals surface area (Å²) < 4.78 is 8.67. The molecule has 2 saturated heterocycles. The quantitative estimate of drug-likeness (QED) is 0.206. The van der Waals surface area contributed by atoms with Gasteiger partial charge in [-0.3, -0.25) is 4.79 Å². The van der Waals surface area contributed by atoms with Gasteiger partial charge in [0.15, 0.2) is 5.78 Å². The number of aliphatic hydroxyl groups excluding tert-OH is 1. The van der Waals surface area contributed by atoms with E-state index in [9.17, 15) is 9.90 Å². The molecule has 2 aliphatic carbocycles. The van der Waals surface area contributed by atoms with Crippen molar-refractivity contribution in [2.24, 2.45) is 0 Å². The van der Waals surface area contributed by atoms with Crippen LogP contribution in [0.2, 0.25) is 6.82 Å². The highest BCUT2D eigenvalue weighted by atomic mass is 79.9. The van der Waals surface area contributed by atoms with Crippen molar-refractivity contribution in [2.45, 2.75) is 105 Å². The van der Waals surface area contributed by atoms with E-state index < -0.39 is 0 Å². The first-order valence-corrected chi connectivity index (χ1v) is 18.8. The van der Waals surface area contributed by atoms with E-state index in [1.165, 1.54) is 35.1 Å². The van der Waals surface area contributed by atoms with E-state index >= 15 is 0 Å². The molecular weight excluding hydrogens is 737 g/mol. The lowest BCUT2D eigenvalue weighted by Gasteiger charge is -2.36. The molecule has 7 heteroatoms. The van der Waals surface area contributed by atoms with E-state index in [1.807, 2.05) is 44.2 Å². The fraction of sp³-hybridized carbons (Fsp3) is 0.405. The fourth-order valence-corrected chi connectivity index (χ4v) is 8.22. The van der Waals surface area contributed by atoms with Gasteiger partial charge in [0.05, 0.1) is 6.10 Å². The van der Waals surface area contributed by atoms with E-state index in [0.717, 1.165) is 58.7 Å². The number of fused-ring (bicyclic) bond motifs is 3. The van der Waals surface area contributed by atoms with Crippen LogP contribution in [0.1, 0.15) is 112 Å². The van der Waals surface area contributed by atoms with Crippen molar-refractivity contribution in [3.63, 3.8) is 0 Å². The summed E-state index contributed by atoms with van der Waals surface area (Å²) in [5.74, 6) is 0.289.